The third-order valence-electron chi connectivity index (χ3n) is 9.61. The molecule has 0 unspecified atom stereocenters. The molecule has 16 heteroatoms. The van der Waals surface area contributed by atoms with Crippen molar-refractivity contribution in [3.63, 3.8) is 0 Å². The lowest BCUT2D eigenvalue weighted by Crippen LogP contribution is -2.39. The van der Waals surface area contributed by atoms with Gasteiger partial charge in [-0.25, -0.2) is 18.0 Å². The molecule has 1 aliphatic heterocycles. The van der Waals surface area contributed by atoms with Gasteiger partial charge in [0.15, 0.2) is 6.23 Å². The second-order valence-corrected chi connectivity index (χ2v) is 12.8. The molecule has 56 heavy (non-hydrogen) atoms. The highest BCUT2D eigenvalue weighted by molar-refractivity contribution is 5.73. The van der Waals surface area contributed by atoms with Gasteiger partial charge < -0.3 is 28.4 Å². The van der Waals surface area contributed by atoms with Gasteiger partial charge in [0.2, 0.25) is 34.8 Å². The van der Waals surface area contributed by atoms with Crippen LogP contribution in [0.25, 0.3) is 0 Å². The molecule has 0 radical (unpaired) electrons. The summed E-state index contributed by atoms with van der Waals surface area (Å²) < 4.78 is 107. The van der Waals surface area contributed by atoms with Crippen LogP contribution in [0.4, 0.5) is 22.0 Å². The number of hydrogen-bond acceptors (Lipinski definition) is 9. The predicted molar refractivity (Wildman–Crippen MR) is 189 cm³/mol. The molecular weight excluding hydrogens is 747 g/mol. The molecular formula is C40H35F5N2O9. The van der Waals surface area contributed by atoms with Gasteiger partial charge in [-0.15, -0.1) is 0 Å². The summed E-state index contributed by atoms with van der Waals surface area (Å²) in [6, 6.07) is 23.3. The van der Waals surface area contributed by atoms with E-state index in [4.69, 9.17) is 28.4 Å². The van der Waals surface area contributed by atoms with Crippen LogP contribution in [0.15, 0.2) is 94.6 Å². The number of hydrogen-bond donors (Lipinski definition) is 1. The number of nitrogens with one attached hydrogen (secondary N) is 1. The number of aromatic amines is 1. The summed E-state index contributed by atoms with van der Waals surface area (Å²) in [5, 5.41) is 0. The van der Waals surface area contributed by atoms with Gasteiger partial charge in [0.25, 0.3) is 5.56 Å². The number of nitrogens with zero attached hydrogens (tertiary/aromatic N) is 1. The largest absolute Gasteiger partial charge is 0.497 e. The first-order chi connectivity index (χ1) is 26.8. The van der Waals surface area contributed by atoms with E-state index in [0.717, 1.165) is 4.57 Å². The zero-order valence-electron chi connectivity index (χ0n) is 30.3. The van der Waals surface area contributed by atoms with Crippen molar-refractivity contribution in [3.05, 3.63) is 157 Å². The van der Waals surface area contributed by atoms with Gasteiger partial charge in [-0.2, -0.15) is 8.78 Å². The first kappa shape index (κ1) is 39.8. The first-order valence-corrected chi connectivity index (χ1v) is 17.1. The summed E-state index contributed by atoms with van der Waals surface area (Å²) in [6.07, 6.45) is -3.27. The van der Waals surface area contributed by atoms with Crippen LogP contribution in [0.2, 0.25) is 0 Å². The Balaban J connectivity index is 1.45. The predicted octanol–water partition coefficient (Wildman–Crippen LogP) is 6.09. The highest BCUT2D eigenvalue weighted by atomic mass is 19.2. The van der Waals surface area contributed by atoms with Crippen LogP contribution in [0, 0.1) is 41.9 Å². The number of aryl methyl sites for hydroxylation is 1. The fourth-order valence-electron chi connectivity index (χ4n) is 6.78. The molecule has 0 bridgehead atoms. The fourth-order valence-corrected chi connectivity index (χ4v) is 6.78. The molecule has 0 amide bonds. The molecule has 1 fully saturated rings. The van der Waals surface area contributed by atoms with Crippen LogP contribution in [0.3, 0.4) is 0 Å². The van der Waals surface area contributed by atoms with Crippen molar-refractivity contribution in [3.8, 4) is 17.2 Å². The molecule has 11 nitrogen and oxygen atoms in total. The average molecular weight is 783 g/mol. The Kier molecular flexibility index (Phi) is 11.7. The Hall–Kier alpha value is -5.84. The fraction of sp³-hybridized carbons (Fsp3) is 0.275. The SMILES string of the molecule is COc1ccc(C(OC[C@H]2O[C@@H](n3cc(C)c(=O)[nH]c3=O)[C@H](OC)[C@@H]2CC(=O)Oc2c(F)c(F)c(F)c(F)c2F)(c2ccccc2)c2ccc(OC)cc2)cc1. The van der Waals surface area contributed by atoms with Gasteiger partial charge in [-0.3, -0.25) is 19.1 Å². The highest BCUT2D eigenvalue weighted by Gasteiger charge is 2.49. The molecule has 0 saturated carbocycles. The van der Waals surface area contributed by atoms with Crippen molar-refractivity contribution in [2.75, 3.05) is 27.9 Å². The maximum Gasteiger partial charge on any atom is 0.330 e. The minimum atomic E-state index is -2.43. The standard InChI is InChI=1S/C40H35F5N2O9/c1-21-19-47(39(50)46-37(21)49)38-35(53-4)27(18-29(48)56-36-33(44)31(42)30(41)32(43)34(36)45)28(55-38)20-54-40(22-8-6-5-7-9-22,23-10-14-25(51-2)15-11-23)24-12-16-26(52-3)17-13-24/h5-17,19,27-28,35,38H,18,20H2,1-4H3,(H,46,49,50)/t27-,28-,35-,38-/m1/s1. The smallest absolute Gasteiger partial charge is 0.330 e. The summed E-state index contributed by atoms with van der Waals surface area (Å²) in [5.41, 5.74) is -0.908. The van der Waals surface area contributed by atoms with Crippen molar-refractivity contribution >= 4 is 5.97 Å². The number of carbonyl (C=O) groups excluding carboxylic acids is 1. The number of aromatic nitrogens is 2. The van der Waals surface area contributed by atoms with E-state index in [2.05, 4.69) is 4.98 Å². The van der Waals surface area contributed by atoms with Crippen molar-refractivity contribution in [1.82, 2.24) is 9.55 Å². The zero-order chi connectivity index (χ0) is 40.3. The summed E-state index contributed by atoms with van der Waals surface area (Å²) >= 11 is 0. The molecule has 5 aromatic rings. The van der Waals surface area contributed by atoms with Crippen LogP contribution in [-0.2, 0) is 24.6 Å². The molecule has 0 aliphatic carbocycles. The number of ether oxygens (including phenoxy) is 6. The van der Waals surface area contributed by atoms with E-state index >= 15 is 0 Å². The number of carbonyl (C=O) groups is 1. The Labute approximate surface area is 316 Å². The number of halogens is 5. The van der Waals surface area contributed by atoms with Crippen LogP contribution in [0.5, 0.6) is 17.2 Å². The van der Waals surface area contributed by atoms with Gasteiger partial charge in [0, 0.05) is 24.8 Å². The van der Waals surface area contributed by atoms with Crippen molar-refractivity contribution in [2.24, 2.45) is 5.92 Å². The second kappa shape index (κ2) is 16.5. The second-order valence-electron chi connectivity index (χ2n) is 12.8. The molecule has 6 rings (SSSR count). The van der Waals surface area contributed by atoms with Crippen molar-refractivity contribution < 1.29 is 55.2 Å². The van der Waals surface area contributed by atoms with Gasteiger partial charge in [-0.1, -0.05) is 54.6 Å². The average Bonchev–Trinajstić information content (AvgIpc) is 3.56. The Morgan fingerprint density at radius 1 is 0.768 bits per heavy atom. The van der Waals surface area contributed by atoms with E-state index in [1.165, 1.54) is 34.4 Å². The maximum absolute atomic E-state index is 14.6. The Morgan fingerprint density at radius 2 is 1.29 bits per heavy atom. The van der Waals surface area contributed by atoms with E-state index < -0.39 is 88.4 Å². The third kappa shape index (κ3) is 7.42. The third-order valence-corrected chi connectivity index (χ3v) is 9.61. The highest BCUT2D eigenvalue weighted by Crippen LogP contribution is 2.44. The van der Waals surface area contributed by atoms with Gasteiger partial charge in [0.05, 0.1) is 33.4 Å². The monoisotopic (exact) mass is 782 g/mol. The lowest BCUT2D eigenvalue weighted by Gasteiger charge is -2.37. The number of H-pyrrole nitrogens is 1. The molecule has 0 spiro atoms. The van der Waals surface area contributed by atoms with Gasteiger partial charge in [0.1, 0.15) is 23.2 Å². The van der Waals surface area contributed by atoms with Crippen LogP contribution < -0.4 is 25.5 Å². The number of benzene rings is 4. The normalized spacial score (nSPS) is 18.2. The lowest BCUT2D eigenvalue weighted by atomic mass is 9.80. The Bertz CT molecular complexity index is 2240. The lowest BCUT2D eigenvalue weighted by molar-refractivity contribution is -0.138. The minimum Gasteiger partial charge on any atom is -0.497 e. The van der Waals surface area contributed by atoms with E-state index in [-0.39, 0.29) is 12.2 Å². The number of methoxy groups -OCH3 is 3. The van der Waals surface area contributed by atoms with E-state index in [1.54, 1.807) is 48.5 Å². The zero-order valence-corrected chi connectivity index (χ0v) is 30.3. The summed E-state index contributed by atoms with van der Waals surface area (Å²) in [6.45, 7) is 1.09. The molecule has 294 valence electrons. The molecule has 1 aromatic heterocycles. The van der Waals surface area contributed by atoms with Gasteiger partial charge in [-0.05, 0) is 47.9 Å². The van der Waals surface area contributed by atoms with Crippen LogP contribution in [0.1, 0.15) is 34.9 Å². The first-order valence-electron chi connectivity index (χ1n) is 17.1. The van der Waals surface area contributed by atoms with Crippen LogP contribution in [-0.4, -0.2) is 55.7 Å². The molecule has 1 N–H and O–H groups in total. The molecule has 2 heterocycles. The summed E-state index contributed by atoms with van der Waals surface area (Å²) in [5.74, 6) is -15.0. The van der Waals surface area contributed by atoms with Gasteiger partial charge >= 0.3 is 11.7 Å². The molecule has 4 aromatic carbocycles. The minimum absolute atomic E-state index is 0.132. The van der Waals surface area contributed by atoms with E-state index in [1.807, 2.05) is 30.3 Å². The quantitative estimate of drug-likeness (QED) is 0.0377. The van der Waals surface area contributed by atoms with Crippen molar-refractivity contribution in [2.45, 2.75) is 37.4 Å². The molecule has 1 aliphatic rings. The molecule has 4 atom stereocenters. The summed E-state index contributed by atoms with van der Waals surface area (Å²) in [4.78, 5) is 40.9. The number of esters is 1. The van der Waals surface area contributed by atoms with E-state index in [0.29, 0.717) is 28.2 Å². The van der Waals surface area contributed by atoms with Crippen LogP contribution >= 0.6 is 0 Å². The molecule has 1 saturated heterocycles. The number of rotatable bonds is 13. The van der Waals surface area contributed by atoms with Crippen molar-refractivity contribution in [1.29, 1.82) is 0 Å². The topological polar surface area (TPSA) is 127 Å². The Morgan fingerprint density at radius 3 is 1.80 bits per heavy atom. The summed E-state index contributed by atoms with van der Waals surface area (Å²) in [7, 11) is 4.29. The van der Waals surface area contributed by atoms with E-state index in [9.17, 15) is 36.3 Å². The maximum atomic E-state index is 14.6.